The Balaban J connectivity index is 1.81. The molecule has 4 heteroatoms. The molecule has 4 nitrogen and oxygen atoms in total. The van der Waals surface area contributed by atoms with Gasteiger partial charge in [0.1, 0.15) is 6.17 Å². The Kier molecular flexibility index (Phi) is 13.2. The average molecular weight is 478 g/mol. The number of allylic oxidation sites excluding steroid dienone is 1. The highest BCUT2D eigenvalue weighted by atomic mass is 16.1. The lowest BCUT2D eigenvalue weighted by atomic mass is 9.87. The molecule has 0 heterocycles. The van der Waals surface area contributed by atoms with Crippen molar-refractivity contribution >= 4 is 5.91 Å². The van der Waals surface area contributed by atoms with Gasteiger partial charge >= 0.3 is 0 Å². The van der Waals surface area contributed by atoms with E-state index in [-0.39, 0.29) is 18.1 Å². The van der Waals surface area contributed by atoms with Gasteiger partial charge in [-0.2, -0.15) is 0 Å². The first-order valence-electron chi connectivity index (χ1n) is 13.5. The van der Waals surface area contributed by atoms with Gasteiger partial charge in [-0.3, -0.25) is 10.1 Å². The zero-order chi connectivity index (χ0) is 25.5. The lowest BCUT2D eigenvalue weighted by Gasteiger charge is -2.27. The quantitative estimate of drug-likeness (QED) is 0.221. The van der Waals surface area contributed by atoms with Crippen LogP contribution in [0.2, 0.25) is 0 Å². The molecule has 0 aliphatic heterocycles. The van der Waals surface area contributed by atoms with E-state index in [1.165, 1.54) is 18.4 Å². The van der Waals surface area contributed by atoms with Gasteiger partial charge in [-0.25, -0.2) is 0 Å². The van der Waals surface area contributed by atoms with Crippen LogP contribution in [0, 0.1) is 11.8 Å². The summed E-state index contributed by atoms with van der Waals surface area (Å²) in [6.07, 6.45) is 7.95. The van der Waals surface area contributed by atoms with Crippen LogP contribution in [-0.2, 0) is 11.2 Å². The third kappa shape index (κ3) is 10.7. The number of aryl methyl sites for hydroxylation is 1. The van der Waals surface area contributed by atoms with Crippen molar-refractivity contribution < 1.29 is 4.79 Å². The Morgan fingerprint density at radius 2 is 1.57 bits per heavy atom. The van der Waals surface area contributed by atoms with Gasteiger partial charge in [0.25, 0.3) is 0 Å². The first kappa shape index (κ1) is 28.6. The molecule has 4 unspecified atom stereocenters. The fourth-order valence-electron chi connectivity index (χ4n) is 4.69. The monoisotopic (exact) mass is 477 g/mol. The van der Waals surface area contributed by atoms with Crippen molar-refractivity contribution in [1.29, 1.82) is 0 Å². The second-order valence-electron chi connectivity index (χ2n) is 9.83. The Hall–Kier alpha value is -2.59. The van der Waals surface area contributed by atoms with Crippen LogP contribution in [-0.4, -0.2) is 19.0 Å². The predicted octanol–water partition coefficient (Wildman–Crippen LogP) is 6.76. The minimum atomic E-state index is -0.168. The highest BCUT2D eigenvalue weighted by molar-refractivity contribution is 5.76. The molecule has 4 atom stereocenters. The van der Waals surface area contributed by atoms with E-state index in [0.29, 0.717) is 18.3 Å². The van der Waals surface area contributed by atoms with Crippen LogP contribution < -0.4 is 16.0 Å². The van der Waals surface area contributed by atoms with Crippen LogP contribution in [0.5, 0.6) is 0 Å². The van der Waals surface area contributed by atoms with Gasteiger partial charge in [0.15, 0.2) is 0 Å². The number of carbonyl (C=O) groups excluding carboxylic acids is 1. The molecule has 2 rings (SSSR count). The number of hydrogen-bond donors (Lipinski definition) is 3. The minimum absolute atomic E-state index is 0.0710. The minimum Gasteiger partial charge on any atom is -0.386 e. The van der Waals surface area contributed by atoms with E-state index in [9.17, 15) is 4.79 Å². The molecule has 0 aromatic heterocycles. The van der Waals surface area contributed by atoms with Gasteiger partial charge in [-0.15, -0.1) is 0 Å². The molecule has 0 aliphatic rings. The number of benzene rings is 2. The molecule has 0 aliphatic carbocycles. The molecular weight excluding hydrogens is 430 g/mol. The van der Waals surface area contributed by atoms with Crippen LogP contribution in [0.25, 0.3) is 0 Å². The fraction of sp³-hybridized carbons (Fsp3) is 0.516. The van der Waals surface area contributed by atoms with Gasteiger partial charge in [-0.05, 0) is 62.1 Å². The second kappa shape index (κ2) is 16.1. The van der Waals surface area contributed by atoms with E-state index in [1.807, 2.05) is 37.4 Å². The smallest absolute Gasteiger partial charge is 0.221 e. The van der Waals surface area contributed by atoms with Gasteiger partial charge in [0.05, 0.1) is 0 Å². The Labute approximate surface area is 214 Å². The Bertz CT molecular complexity index is 852. The van der Waals surface area contributed by atoms with Crippen molar-refractivity contribution in [1.82, 2.24) is 16.0 Å². The van der Waals surface area contributed by atoms with Crippen molar-refractivity contribution in [3.05, 3.63) is 84.1 Å². The fourth-order valence-corrected chi connectivity index (χ4v) is 4.69. The summed E-state index contributed by atoms with van der Waals surface area (Å²) in [7, 11) is 1.87. The molecule has 192 valence electrons. The van der Waals surface area contributed by atoms with Gasteiger partial charge in [0, 0.05) is 18.2 Å². The summed E-state index contributed by atoms with van der Waals surface area (Å²) >= 11 is 0. The van der Waals surface area contributed by atoms with E-state index in [0.717, 1.165) is 43.4 Å². The molecule has 0 saturated carbocycles. The maximum absolute atomic E-state index is 12.7. The summed E-state index contributed by atoms with van der Waals surface area (Å²) in [6.45, 7) is 11.2. The molecule has 2 aromatic rings. The Morgan fingerprint density at radius 3 is 2.17 bits per heavy atom. The number of rotatable bonds is 17. The number of hydrogen-bond acceptors (Lipinski definition) is 3. The molecule has 0 saturated heterocycles. The van der Waals surface area contributed by atoms with Crippen LogP contribution in [0.1, 0.15) is 83.0 Å². The zero-order valence-corrected chi connectivity index (χ0v) is 22.4. The summed E-state index contributed by atoms with van der Waals surface area (Å²) in [4.78, 5) is 12.7. The molecule has 2 aromatic carbocycles. The second-order valence-corrected chi connectivity index (χ2v) is 9.83. The van der Waals surface area contributed by atoms with E-state index in [1.54, 1.807) is 0 Å². The normalized spacial score (nSPS) is 14.5. The molecule has 0 spiro atoms. The highest BCUT2D eigenvalue weighted by Crippen LogP contribution is 2.25. The maximum atomic E-state index is 12.7. The zero-order valence-electron chi connectivity index (χ0n) is 22.4. The summed E-state index contributed by atoms with van der Waals surface area (Å²) in [6, 6.07) is 21.1. The third-order valence-corrected chi connectivity index (χ3v) is 7.02. The predicted molar refractivity (Wildman–Crippen MR) is 149 cm³/mol. The molecule has 0 radical (unpaired) electrons. The Morgan fingerprint density at radius 1 is 0.914 bits per heavy atom. The van der Waals surface area contributed by atoms with E-state index < -0.39 is 0 Å². The first-order valence-corrected chi connectivity index (χ1v) is 13.5. The van der Waals surface area contributed by atoms with Crippen molar-refractivity contribution in [3.63, 3.8) is 0 Å². The van der Waals surface area contributed by atoms with E-state index in [4.69, 9.17) is 0 Å². The molecule has 35 heavy (non-hydrogen) atoms. The van der Waals surface area contributed by atoms with Crippen molar-refractivity contribution in [2.45, 2.75) is 84.3 Å². The van der Waals surface area contributed by atoms with E-state index >= 15 is 0 Å². The molecule has 1 amide bonds. The van der Waals surface area contributed by atoms with Crippen LogP contribution in [0.15, 0.2) is 72.9 Å². The number of amides is 1. The molecule has 0 fully saturated rings. The van der Waals surface area contributed by atoms with Crippen LogP contribution in [0.4, 0.5) is 0 Å². The average Bonchev–Trinajstić information content (AvgIpc) is 2.89. The van der Waals surface area contributed by atoms with Crippen LogP contribution in [0.3, 0.4) is 0 Å². The largest absolute Gasteiger partial charge is 0.386 e. The SMILES string of the molecule is C=C(NC(CCC)CCC(=O)NC(NC)c1ccccc1)C(C)CC(CC)CCc1ccccc1. The molecular formula is C31H47N3O. The summed E-state index contributed by atoms with van der Waals surface area (Å²) in [5, 5.41) is 9.99. The van der Waals surface area contributed by atoms with Crippen molar-refractivity contribution in [3.8, 4) is 0 Å². The van der Waals surface area contributed by atoms with Gasteiger partial charge < -0.3 is 10.6 Å². The molecule has 0 bridgehead atoms. The van der Waals surface area contributed by atoms with Crippen molar-refractivity contribution in [2.24, 2.45) is 11.8 Å². The van der Waals surface area contributed by atoms with Crippen LogP contribution >= 0.6 is 0 Å². The summed E-state index contributed by atoms with van der Waals surface area (Å²) in [5.41, 5.74) is 3.59. The van der Waals surface area contributed by atoms with Crippen molar-refractivity contribution in [2.75, 3.05) is 7.05 Å². The maximum Gasteiger partial charge on any atom is 0.221 e. The molecule has 3 N–H and O–H groups in total. The standard InChI is InChI=1S/C31H47N3O/c1-6-14-29(21-22-30(35)34-31(32-5)28-17-12-9-13-18-28)33-25(4)24(3)23-26(7-2)19-20-27-15-10-8-11-16-27/h8-13,15-18,24,26,29,31-33H,4,6-7,14,19-23H2,1-3,5H3,(H,34,35). The lowest BCUT2D eigenvalue weighted by Crippen LogP contribution is -2.37. The summed E-state index contributed by atoms with van der Waals surface area (Å²) in [5.74, 6) is 1.17. The topological polar surface area (TPSA) is 53.2 Å². The third-order valence-electron chi connectivity index (χ3n) is 7.02. The summed E-state index contributed by atoms with van der Waals surface area (Å²) < 4.78 is 0. The van der Waals surface area contributed by atoms with E-state index in [2.05, 4.69) is 73.6 Å². The lowest BCUT2D eigenvalue weighted by molar-refractivity contribution is -0.122. The van der Waals surface area contributed by atoms with Gasteiger partial charge in [0.2, 0.25) is 5.91 Å². The number of carbonyl (C=O) groups is 1. The first-order chi connectivity index (χ1) is 17.0. The van der Waals surface area contributed by atoms with Gasteiger partial charge in [-0.1, -0.05) is 101 Å². The highest BCUT2D eigenvalue weighted by Gasteiger charge is 2.18. The number of nitrogens with one attached hydrogen (secondary N) is 3.